The summed E-state index contributed by atoms with van der Waals surface area (Å²) in [7, 11) is -2.49. The lowest BCUT2D eigenvalue weighted by atomic mass is 10.1. The summed E-state index contributed by atoms with van der Waals surface area (Å²) < 4.78 is 33.8. The molecule has 6 nitrogen and oxygen atoms in total. The third-order valence-electron chi connectivity index (χ3n) is 5.30. The Bertz CT molecular complexity index is 1380. The van der Waals surface area contributed by atoms with E-state index in [-0.39, 0.29) is 22.8 Å². The van der Waals surface area contributed by atoms with Crippen molar-refractivity contribution in [3.8, 4) is 5.75 Å². The highest BCUT2D eigenvalue weighted by atomic mass is 32.2. The fraction of sp³-hybridized carbons (Fsp3) is 0.115. The van der Waals surface area contributed by atoms with Gasteiger partial charge in [-0.05, 0) is 41.6 Å². The minimum Gasteiger partial charge on any atom is -0.495 e. The molecule has 0 atom stereocenters. The van der Waals surface area contributed by atoms with Gasteiger partial charge < -0.3 is 10.1 Å². The summed E-state index contributed by atoms with van der Waals surface area (Å²) in [6.45, 7) is 0.224. The maximum Gasteiger partial charge on any atom is 0.255 e. The number of ether oxygens (including phenoxy) is 1. The van der Waals surface area contributed by atoms with Gasteiger partial charge in [-0.1, -0.05) is 66.7 Å². The monoisotopic (exact) mass is 460 g/mol. The number of nitrogens with one attached hydrogen (secondary N) is 2. The molecule has 0 heterocycles. The molecule has 0 bridgehead atoms. The Kier molecular flexibility index (Phi) is 6.72. The molecule has 0 spiro atoms. The van der Waals surface area contributed by atoms with Crippen LogP contribution >= 0.6 is 0 Å². The molecule has 0 aliphatic carbocycles. The van der Waals surface area contributed by atoms with Gasteiger partial charge in [-0.15, -0.1) is 0 Å². The van der Waals surface area contributed by atoms with Crippen LogP contribution in [0.15, 0.2) is 95.9 Å². The van der Waals surface area contributed by atoms with Crippen LogP contribution in [0, 0.1) is 0 Å². The number of benzene rings is 4. The molecule has 4 aromatic carbocycles. The fourth-order valence-corrected chi connectivity index (χ4v) is 4.83. The van der Waals surface area contributed by atoms with E-state index in [1.807, 2.05) is 72.8 Å². The summed E-state index contributed by atoms with van der Waals surface area (Å²) in [6.07, 6.45) is 0.545. The molecule has 1 amide bonds. The van der Waals surface area contributed by atoms with Crippen molar-refractivity contribution >= 4 is 32.4 Å². The number of rotatable bonds is 8. The Morgan fingerprint density at radius 1 is 0.879 bits per heavy atom. The predicted octanol–water partition coefficient (Wildman–Crippen LogP) is 4.62. The van der Waals surface area contributed by atoms with Gasteiger partial charge in [-0.25, -0.2) is 13.1 Å². The zero-order valence-corrected chi connectivity index (χ0v) is 18.9. The largest absolute Gasteiger partial charge is 0.495 e. The molecule has 0 aromatic heterocycles. The highest BCUT2D eigenvalue weighted by Gasteiger charge is 2.21. The number of anilines is 1. The summed E-state index contributed by atoms with van der Waals surface area (Å²) in [6, 6.07) is 27.3. The summed E-state index contributed by atoms with van der Waals surface area (Å²) in [4.78, 5) is 12.9. The SMILES string of the molecule is COc1ccc(C(=O)Nc2cccc3ccccc23)cc1S(=O)(=O)NCCc1ccccc1. The van der Waals surface area contributed by atoms with Crippen LogP contribution in [0.4, 0.5) is 5.69 Å². The normalized spacial score (nSPS) is 11.3. The van der Waals surface area contributed by atoms with E-state index in [0.717, 1.165) is 16.3 Å². The first kappa shape index (κ1) is 22.5. The van der Waals surface area contributed by atoms with Gasteiger partial charge in [0.15, 0.2) is 0 Å². The number of carbonyl (C=O) groups excluding carboxylic acids is 1. The average molecular weight is 461 g/mol. The minimum atomic E-state index is -3.89. The van der Waals surface area contributed by atoms with E-state index in [4.69, 9.17) is 4.74 Å². The van der Waals surface area contributed by atoms with Crippen LogP contribution in [-0.2, 0) is 16.4 Å². The molecular formula is C26H24N2O4S. The Hall–Kier alpha value is -3.68. The zero-order valence-electron chi connectivity index (χ0n) is 18.1. The fourth-order valence-electron chi connectivity index (χ4n) is 3.61. The van der Waals surface area contributed by atoms with Crippen molar-refractivity contribution in [3.05, 3.63) is 102 Å². The average Bonchev–Trinajstić information content (AvgIpc) is 2.84. The molecule has 0 radical (unpaired) electrons. The van der Waals surface area contributed by atoms with Gasteiger partial charge in [0.2, 0.25) is 10.0 Å². The van der Waals surface area contributed by atoms with Gasteiger partial charge in [0.05, 0.1) is 7.11 Å². The molecule has 7 heteroatoms. The second kappa shape index (κ2) is 9.85. The lowest BCUT2D eigenvalue weighted by Gasteiger charge is -2.13. The quantitative estimate of drug-likeness (QED) is 0.402. The first-order valence-electron chi connectivity index (χ1n) is 10.5. The number of hydrogen-bond acceptors (Lipinski definition) is 4. The predicted molar refractivity (Wildman–Crippen MR) is 130 cm³/mol. The smallest absolute Gasteiger partial charge is 0.255 e. The molecule has 0 unspecified atom stereocenters. The highest BCUT2D eigenvalue weighted by Crippen LogP contribution is 2.27. The number of hydrogen-bond donors (Lipinski definition) is 2. The van der Waals surface area contributed by atoms with Crippen LogP contribution in [0.2, 0.25) is 0 Å². The van der Waals surface area contributed by atoms with Gasteiger partial charge in [0.25, 0.3) is 5.91 Å². The summed E-state index contributed by atoms with van der Waals surface area (Å²) in [5, 5.41) is 4.78. The first-order valence-corrected chi connectivity index (χ1v) is 12.0. The molecular weight excluding hydrogens is 436 g/mol. The number of amides is 1. The van der Waals surface area contributed by atoms with E-state index < -0.39 is 15.9 Å². The third-order valence-corrected chi connectivity index (χ3v) is 6.78. The number of carbonyl (C=O) groups is 1. The van der Waals surface area contributed by atoms with Crippen LogP contribution in [0.3, 0.4) is 0 Å². The van der Waals surface area contributed by atoms with Crippen molar-refractivity contribution in [2.45, 2.75) is 11.3 Å². The van der Waals surface area contributed by atoms with Crippen molar-refractivity contribution in [2.24, 2.45) is 0 Å². The zero-order chi connectivity index (χ0) is 23.3. The highest BCUT2D eigenvalue weighted by molar-refractivity contribution is 7.89. The number of fused-ring (bicyclic) bond motifs is 1. The molecule has 0 aliphatic rings. The van der Waals surface area contributed by atoms with Crippen molar-refractivity contribution < 1.29 is 17.9 Å². The van der Waals surface area contributed by atoms with Crippen molar-refractivity contribution in [2.75, 3.05) is 19.0 Å². The van der Waals surface area contributed by atoms with Crippen molar-refractivity contribution in [1.29, 1.82) is 0 Å². The molecule has 168 valence electrons. The van der Waals surface area contributed by atoms with Crippen LogP contribution < -0.4 is 14.8 Å². The van der Waals surface area contributed by atoms with E-state index in [0.29, 0.717) is 12.1 Å². The van der Waals surface area contributed by atoms with E-state index in [9.17, 15) is 13.2 Å². The van der Waals surface area contributed by atoms with Gasteiger partial charge >= 0.3 is 0 Å². The van der Waals surface area contributed by atoms with Crippen LogP contribution in [0.25, 0.3) is 10.8 Å². The van der Waals surface area contributed by atoms with E-state index >= 15 is 0 Å². The maximum atomic E-state index is 13.0. The van der Waals surface area contributed by atoms with Crippen LogP contribution in [0.1, 0.15) is 15.9 Å². The van der Waals surface area contributed by atoms with Gasteiger partial charge in [-0.3, -0.25) is 4.79 Å². The summed E-state index contributed by atoms with van der Waals surface area (Å²) in [5.41, 5.74) is 1.89. The molecule has 4 aromatic rings. The number of methoxy groups -OCH3 is 1. The Morgan fingerprint density at radius 3 is 2.39 bits per heavy atom. The molecule has 0 saturated heterocycles. The summed E-state index contributed by atoms with van der Waals surface area (Å²) >= 11 is 0. The molecule has 33 heavy (non-hydrogen) atoms. The molecule has 0 aliphatic heterocycles. The van der Waals surface area contributed by atoms with Gasteiger partial charge in [0.1, 0.15) is 10.6 Å². The maximum absolute atomic E-state index is 13.0. The van der Waals surface area contributed by atoms with Crippen LogP contribution in [0.5, 0.6) is 5.75 Å². The topological polar surface area (TPSA) is 84.5 Å². The van der Waals surface area contributed by atoms with E-state index in [2.05, 4.69) is 10.0 Å². The van der Waals surface area contributed by atoms with Gasteiger partial charge in [0, 0.05) is 23.2 Å². The van der Waals surface area contributed by atoms with Crippen molar-refractivity contribution in [1.82, 2.24) is 4.72 Å². The lowest BCUT2D eigenvalue weighted by Crippen LogP contribution is -2.27. The summed E-state index contributed by atoms with van der Waals surface area (Å²) in [5.74, 6) is -0.237. The second-order valence-corrected chi connectivity index (χ2v) is 9.22. The van der Waals surface area contributed by atoms with E-state index in [1.54, 1.807) is 6.07 Å². The van der Waals surface area contributed by atoms with Crippen molar-refractivity contribution in [3.63, 3.8) is 0 Å². The van der Waals surface area contributed by atoms with Gasteiger partial charge in [-0.2, -0.15) is 0 Å². The Labute approximate surface area is 193 Å². The molecule has 4 rings (SSSR count). The Morgan fingerprint density at radius 2 is 1.61 bits per heavy atom. The first-order chi connectivity index (χ1) is 16.0. The molecule has 0 saturated carbocycles. The molecule has 2 N–H and O–H groups in total. The second-order valence-electron chi connectivity index (χ2n) is 7.48. The third kappa shape index (κ3) is 5.22. The van der Waals surface area contributed by atoms with E-state index in [1.165, 1.54) is 19.2 Å². The van der Waals surface area contributed by atoms with Crippen LogP contribution in [-0.4, -0.2) is 28.0 Å². The Balaban J connectivity index is 1.56. The lowest BCUT2D eigenvalue weighted by molar-refractivity contribution is 0.102. The number of sulfonamides is 1. The minimum absolute atomic E-state index is 0.0800. The molecule has 0 fully saturated rings. The standard InChI is InChI=1S/C26H24N2O4S/c1-32-24-15-14-21(26(29)28-23-13-7-11-20-10-5-6-12-22(20)23)18-25(24)33(30,31)27-17-16-19-8-3-2-4-9-19/h2-15,18,27H,16-17H2,1H3,(H,28,29).